The number of ether oxygens (including phenoxy) is 1. The Morgan fingerprint density at radius 1 is 1.20 bits per heavy atom. The van der Waals surface area contributed by atoms with E-state index in [4.69, 9.17) is 20.8 Å². The van der Waals surface area contributed by atoms with Crippen LogP contribution < -0.4 is 5.32 Å². The van der Waals surface area contributed by atoms with Gasteiger partial charge in [-0.05, 0) is 37.1 Å². The van der Waals surface area contributed by atoms with Crippen LogP contribution in [0.15, 0.2) is 40.8 Å². The molecule has 0 saturated carbocycles. The first-order chi connectivity index (χ1) is 9.83. The van der Waals surface area contributed by atoms with E-state index in [-0.39, 0.29) is 0 Å². The van der Waals surface area contributed by atoms with E-state index in [1.807, 2.05) is 36.4 Å². The molecule has 1 aromatic carbocycles. The number of rotatable bonds is 5. The highest BCUT2D eigenvalue weighted by Gasteiger charge is 2.15. The van der Waals surface area contributed by atoms with Gasteiger partial charge in [0.05, 0.1) is 17.7 Å². The van der Waals surface area contributed by atoms with Gasteiger partial charge in [0.2, 0.25) is 0 Å². The quantitative estimate of drug-likeness (QED) is 0.908. The Labute approximate surface area is 123 Å². The standard InChI is InChI=1S/C16H18ClNO2/c17-15-6-2-1-5-14(15)16-8-7-13(20-16)11-18-10-12-4-3-9-19-12/h1-2,5-8,12,18H,3-4,9-11H2/t12-/m0/s1. The lowest BCUT2D eigenvalue weighted by Crippen LogP contribution is -2.25. The molecule has 1 aliphatic rings. The highest BCUT2D eigenvalue weighted by molar-refractivity contribution is 6.33. The summed E-state index contributed by atoms with van der Waals surface area (Å²) in [4.78, 5) is 0. The lowest BCUT2D eigenvalue weighted by atomic mass is 10.2. The summed E-state index contributed by atoms with van der Waals surface area (Å²) in [5, 5.41) is 4.08. The van der Waals surface area contributed by atoms with Crippen LogP contribution in [-0.4, -0.2) is 19.3 Å². The van der Waals surface area contributed by atoms with Gasteiger partial charge in [0.1, 0.15) is 11.5 Å². The molecule has 3 rings (SSSR count). The summed E-state index contributed by atoms with van der Waals surface area (Å²) in [6, 6.07) is 11.7. The Bertz CT molecular complexity index is 561. The Morgan fingerprint density at radius 2 is 2.10 bits per heavy atom. The van der Waals surface area contributed by atoms with Crippen LogP contribution in [0.2, 0.25) is 5.02 Å². The third kappa shape index (κ3) is 3.23. The zero-order valence-corrected chi connectivity index (χ0v) is 12.0. The smallest absolute Gasteiger partial charge is 0.135 e. The van der Waals surface area contributed by atoms with E-state index >= 15 is 0 Å². The largest absolute Gasteiger partial charge is 0.460 e. The van der Waals surface area contributed by atoms with Crippen LogP contribution in [0.25, 0.3) is 11.3 Å². The van der Waals surface area contributed by atoms with Crippen LogP contribution in [-0.2, 0) is 11.3 Å². The predicted octanol–water partition coefficient (Wildman–Crippen LogP) is 3.87. The van der Waals surface area contributed by atoms with Gasteiger partial charge >= 0.3 is 0 Å². The van der Waals surface area contributed by atoms with Crippen molar-refractivity contribution in [2.75, 3.05) is 13.2 Å². The maximum atomic E-state index is 6.17. The lowest BCUT2D eigenvalue weighted by Gasteiger charge is -2.09. The first-order valence-corrected chi connectivity index (χ1v) is 7.36. The van der Waals surface area contributed by atoms with Gasteiger partial charge in [-0.1, -0.05) is 23.7 Å². The summed E-state index contributed by atoms with van der Waals surface area (Å²) in [6.45, 7) is 2.48. The van der Waals surface area contributed by atoms with Crippen LogP contribution in [0.4, 0.5) is 0 Å². The molecule has 0 radical (unpaired) electrons. The van der Waals surface area contributed by atoms with Gasteiger partial charge in [-0.3, -0.25) is 0 Å². The van der Waals surface area contributed by atoms with Crippen molar-refractivity contribution < 1.29 is 9.15 Å². The highest BCUT2D eigenvalue weighted by atomic mass is 35.5. The minimum atomic E-state index is 0.355. The Hall–Kier alpha value is -1.29. The first-order valence-electron chi connectivity index (χ1n) is 6.99. The molecule has 0 spiro atoms. The Balaban J connectivity index is 1.58. The molecule has 1 aromatic heterocycles. The van der Waals surface area contributed by atoms with Crippen molar-refractivity contribution in [1.29, 1.82) is 0 Å². The summed E-state index contributed by atoms with van der Waals surface area (Å²) >= 11 is 6.17. The molecule has 0 amide bonds. The minimum absolute atomic E-state index is 0.355. The number of halogens is 1. The van der Waals surface area contributed by atoms with Gasteiger partial charge < -0.3 is 14.5 Å². The van der Waals surface area contributed by atoms with E-state index in [9.17, 15) is 0 Å². The zero-order chi connectivity index (χ0) is 13.8. The molecule has 3 nitrogen and oxygen atoms in total. The molecule has 1 atom stereocenters. The fraction of sp³-hybridized carbons (Fsp3) is 0.375. The van der Waals surface area contributed by atoms with Crippen molar-refractivity contribution >= 4 is 11.6 Å². The second-order valence-corrected chi connectivity index (χ2v) is 5.42. The molecule has 1 saturated heterocycles. The SMILES string of the molecule is Clc1ccccc1-c1ccc(CNC[C@@H]2CCCO2)o1. The third-order valence-electron chi connectivity index (χ3n) is 3.50. The Kier molecular flexibility index (Phi) is 4.41. The van der Waals surface area contributed by atoms with Crippen LogP contribution in [0, 0.1) is 0 Å². The Morgan fingerprint density at radius 3 is 2.90 bits per heavy atom. The van der Waals surface area contributed by atoms with Crippen molar-refractivity contribution in [2.24, 2.45) is 0 Å². The van der Waals surface area contributed by atoms with Crippen molar-refractivity contribution in [3.05, 3.63) is 47.2 Å². The maximum absolute atomic E-state index is 6.17. The molecule has 20 heavy (non-hydrogen) atoms. The van der Waals surface area contributed by atoms with Crippen molar-refractivity contribution in [1.82, 2.24) is 5.32 Å². The number of benzene rings is 1. The summed E-state index contributed by atoms with van der Waals surface area (Å²) in [5.41, 5.74) is 0.930. The molecule has 0 aliphatic carbocycles. The van der Waals surface area contributed by atoms with Gasteiger partial charge in [0.25, 0.3) is 0 Å². The molecule has 1 N–H and O–H groups in total. The number of nitrogens with one attached hydrogen (secondary N) is 1. The normalized spacial score (nSPS) is 18.6. The van der Waals surface area contributed by atoms with Crippen LogP contribution >= 0.6 is 11.6 Å². The average molecular weight is 292 g/mol. The van der Waals surface area contributed by atoms with E-state index in [0.29, 0.717) is 17.7 Å². The summed E-state index contributed by atoms with van der Waals surface area (Å²) in [7, 11) is 0. The molecule has 1 fully saturated rings. The molecular weight excluding hydrogens is 274 g/mol. The van der Waals surface area contributed by atoms with Crippen molar-refractivity contribution in [2.45, 2.75) is 25.5 Å². The fourth-order valence-corrected chi connectivity index (χ4v) is 2.67. The summed E-state index contributed by atoms with van der Waals surface area (Å²) in [5.74, 6) is 1.72. The second kappa shape index (κ2) is 6.44. The summed E-state index contributed by atoms with van der Waals surface area (Å²) in [6.07, 6.45) is 2.67. The number of furan rings is 1. The predicted molar refractivity (Wildman–Crippen MR) is 79.8 cm³/mol. The topological polar surface area (TPSA) is 34.4 Å². The van der Waals surface area contributed by atoms with E-state index in [2.05, 4.69) is 5.32 Å². The molecular formula is C16H18ClNO2. The lowest BCUT2D eigenvalue weighted by molar-refractivity contribution is 0.109. The van der Waals surface area contributed by atoms with Gasteiger partial charge in [0.15, 0.2) is 0 Å². The molecule has 106 valence electrons. The molecule has 1 aliphatic heterocycles. The van der Waals surface area contributed by atoms with E-state index < -0.39 is 0 Å². The number of hydrogen-bond donors (Lipinski definition) is 1. The molecule has 0 unspecified atom stereocenters. The van der Waals surface area contributed by atoms with Crippen LogP contribution in [0.5, 0.6) is 0 Å². The van der Waals surface area contributed by atoms with E-state index in [1.54, 1.807) is 0 Å². The van der Waals surface area contributed by atoms with Crippen molar-refractivity contribution in [3.8, 4) is 11.3 Å². The van der Waals surface area contributed by atoms with E-state index in [0.717, 1.165) is 36.7 Å². The second-order valence-electron chi connectivity index (χ2n) is 5.01. The van der Waals surface area contributed by atoms with Crippen LogP contribution in [0.1, 0.15) is 18.6 Å². The van der Waals surface area contributed by atoms with Gasteiger partial charge in [-0.15, -0.1) is 0 Å². The van der Waals surface area contributed by atoms with Crippen LogP contribution in [0.3, 0.4) is 0 Å². The molecule has 0 bridgehead atoms. The average Bonchev–Trinajstić information content (AvgIpc) is 3.11. The van der Waals surface area contributed by atoms with Gasteiger partial charge in [-0.2, -0.15) is 0 Å². The molecule has 2 heterocycles. The number of hydrogen-bond acceptors (Lipinski definition) is 3. The summed E-state index contributed by atoms with van der Waals surface area (Å²) < 4.78 is 11.4. The van der Waals surface area contributed by atoms with Crippen molar-refractivity contribution in [3.63, 3.8) is 0 Å². The third-order valence-corrected chi connectivity index (χ3v) is 3.83. The minimum Gasteiger partial charge on any atom is -0.460 e. The fourth-order valence-electron chi connectivity index (χ4n) is 2.44. The van der Waals surface area contributed by atoms with E-state index in [1.165, 1.54) is 6.42 Å². The first kappa shape index (κ1) is 13.7. The zero-order valence-electron chi connectivity index (χ0n) is 11.3. The molecule has 2 aromatic rings. The maximum Gasteiger partial charge on any atom is 0.135 e. The monoisotopic (exact) mass is 291 g/mol. The van der Waals surface area contributed by atoms with Gasteiger partial charge in [-0.25, -0.2) is 0 Å². The molecule has 4 heteroatoms. The highest BCUT2D eigenvalue weighted by Crippen LogP contribution is 2.28. The van der Waals surface area contributed by atoms with Gasteiger partial charge in [0, 0.05) is 18.7 Å².